The molecule has 1 aromatic heterocycles. The highest BCUT2D eigenvalue weighted by Crippen LogP contribution is 2.23. The first-order valence-corrected chi connectivity index (χ1v) is 9.84. The molecule has 2 aliphatic heterocycles. The largest absolute Gasteiger partial charge is 0.396 e. The Morgan fingerprint density at radius 3 is 2.16 bits per heavy atom. The Morgan fingerprint density at radius 1 is 1.00 bits per heavy atom. The molecule has 1 aromatic rings. The number of piperidine rings is 2. The van der Waals surface area contributed by atoms with Gasteiger partial charge in [-0.1, -0.05) is 6.07 Å². The van der Waals surface area contributed by atoms with Crippen molar-refractivity contribution >= 4 is 5.82 Å². The highest BCUT2D eigenvalue weighted by atomic mass is 16.3. The molecular weight excluding hydrogens is 314 g/mol. The first kappa shape index (κ1) is 20.1. The minimum Gasteiger partial charge on any atom is -0.396 e. The van der Waals surface area contributed by atoms with Gasteiger partial charge in [0.25, 0.3) is 0 Å². The number of aliphatic hydroxyl groups is 2. The van der Waals surface area contributed by atoms with Gasteiger partial charge in [0, 0.05) is 32.0 Å². The lowest BCUT2D eigenvalue weighted by Gasteiger charge is -2.32. The summed E-state index contributed by atoms with van der Waals surface area (Å²) in [6.45, 7) is 7.15. The van der Waals surface area contributed by atoms with Gasteiger partial charge in [0.05, 0.1) is 0 Å². The van der Waals surface area contributed by atoms with Gasteiger partial charge in [-0.05, 0) is 82.5 Å². The fourth-order valence-electron chi connectivity index (χ4n) is 3.69. The number of nitrogens with one attached hydrogen (secondary N) is 1. The van der Waals surface area contributed by atoms with E-state index in [1.807, 2.05) is 13.0 Å². The zero-order valence-corrected chi connectivity index (χ0v) is 15.7. The molecule has 0 radical (unpaired) electrons. The Bertz CT molecular complexity index is 467. The maximum absolute atomic E-state index is 8.91. The summed E-state index contributed by atoms with van der Waals surface area (Å²) in [5, 5.41) is 20.8. The van der Waals surface area contributed by atoms with Crippen molar-refractivity contribution in [3.8, 4) is 0 Å². The number of aromatic nitrogens is 1. The van der Waals surface area contributed by atoms with Crippen molar-refractivity contribution in [3.05, 3.63) is 23.9 Å². The minimum atomic E-state index is 0.327. The van der Waals surface area contributed by atoms with Gasteiger partial charge in [-0.15, -0.1) is 0 Å². The summed E-state index contributed by atoms with van der Waals surface area (Å²) in [5.74, 6) is 2.59. The number of pyridine rings is 1. The van der Waals surface area contributed by atoms with Crippen LogP contribution in [-0.2, 0) is 0 Å². The van der Waals surface area contributed by atoms with Gasteiger partial charge in [-0.3, -0.25) is 0 Å². The minimum absolute atomic E-state index is 0.327. The predicted molar refractivity (Wildman–Crippen MR) is 103 cm³/mol. The van der Waals surface area contributed by atoms with E-state index >= 15 is 0 Å². The summed E-state index contributed by atoms with van der Waals surface area (Å²) in [6.07, 6.45) is 6.81. The van der Waals surface area contributed by atoms with Crippen molar-refractivity contribution in [2.24, 2.45) is 11.8 Å². The lowest BCUT2D eigenvalue weighted by Crippen LogP contribution is -2.34. The number of aliphatic hydroxyl groups excluding tert-OH is 2. The molecule has 5 heteroatoms. The van der Waals surface area contributed by atoms with Crippen LogP contribution < -0.4 is 10.2 Å². The van der Waals surface area contributed by atoms with E-state index in [0.29, 0.717) is 19.1 Å². The van der Waals surface area contributed by atoms with Crippen molar-refractivity contribution in [2.75, 3.05) is 44.3 Å². The molecule has 0 bridgehead atoms. The van der Waals surface area contributed by atoms with Crippen LogP contribution in [0, 0.1) is 18.8 Å². The molecule has 3 N–H and O–H groups in total. The number of hydrogen-bond donors (Lipinski definition) is 3. The standard InChI is InChI=1S/C13H20N2O.C7H15NO/c1-11-3-2-4-13(14-11)15-8-5-12(6-9-15)7-10-16;9-6-3-7-1-4-8-5-2-7/h2-4,12,16H,5-10H2,1H3;7-9H,1-6H2. The number of nitrogens with zero attached hydrogens (tertiary/aromatic N) is 2. The summed E-state index contributed by atoms with van der Waals surface area (Å²) in [6, 6.07) is 6.18. The van der Waals surface area contributed by atoms with Gasteiger partial charge in [0.1, 0.15) is 5.82 Å². The van der Waals surface area contributed by atoms with Crippen molar-refractivity contribution < 1.29 is 10.2 Å². The van der Waals surface area contributed by atoms with E-state index < -0.39 is 0 Å². The van der Waals surface area contributed by atoms with Crippen molar-refractivity contribution in [3.63, 3.8) is 0 Å². The Balaban J connectivity index is 0.000000212. The van der Waals surface area contributed by atoms with Gasteiger partial charge in [0.2, 0.25) is 0 Å². The first-order valence-electron chi connectivity index (χ1n) is 9.84. The van der Waals surface area contributed by atoms with E-state index in [4.69, 9.17) is 10.2 Å². The molecule has 2 fully saturated rings. The van der Waals surface area contributed by atoms with E-state index in [1.165, 1.54) is 25.7 Å². The van der Waals surface area contributed by atoms with Crippen LogP contribution in [0.5, 0.6) is 0 Å². The van der Waals surface area contributed by atoms with E-state index in [9.17, 15) is 0 Å². The maximum atomic E-state index is 8.91. The van der Waals surface area contributed by atoms with Crippen molar-refractivity contribution in [1.29, 1.82) is 0 Å². The van der Waals surface area contributed by atoms with Crippen LogP contribution in [0.1, 0.15) is 44.2 Å². The number of anilines is 1. The van der Waals surface area contributed by atoms with Gasteiger partial charge < -0.3 is 20.4 Å². The molecule has 25 heavy (non-hydrogen) atoms. The molecule has 0 aromatic carbocycles. The Kier molecular flexibility index (Phi) is 9.22. The summed E-state index contributed by atoms with van der Waals surface area (Å²) in [5.41, 5.74) is 1.08. The molecule has 3 heterocycles. The molecule has 5 nitrogen and oxygen atoms in total. The summed E-state index contributed by atoms with van der Waals surface area (Å²) >= 11 is 0. The summed E-state index contributed by atoms with van der Waals surface area (Å²) in [7, 11) is 0. The molecular formula is C20H35N3O2. The third-order valence-corrected chi connectivity index (χ3v) is 5.35. The van der Waals surface area contributed by atoms with Crippen LogP contribution in [0.15, 0.2) is 18.2 Å². The molecule has 0 spiro atoms. The molecule has 0 aliphatic carbocycles. The molecule has 0 saturated carbocycles. The monoisotopic (exact) mass is 349 g/mol. The van der Waals surface area contributed by atoms with E-state index in [0.717, 1.165) is 56.5 Å². The van der Waals surface area contributed by atoms with Crippen molar-refractivity contribution in [2.45, 2.75) is 45.4 Å². The maximum Gasteiger partial charge on any atom is 0.128 e. The zero-order chi connectivity index (χ0) is 17.9. The quantitative estimate of drug-likeness (QED) is 0.761. The lowest BCUT2D eigenvalue weighted by atomic mass is 9.94. The molecule has 142 valence electrons. The SMILES string of the molecule is Cc1cccc(N2CCC(CCO)CC2)n1.OCCC1CCNCC1. The molecule has 3 rings (SSSR count). The second-order valence-corrected chi connectivity index (χ2v) is 7.29. The second kappa shape index (κ2) is 11.4. The van der Waals surface area contributed by atoms with E-state index in [2.05, 4.69) is 27.3 Å². The van der Waals surface area contributed by atoms with Gasteiger partial charge in [-0.25, -0.2) is 4.98 Å². The number of hydrogen-bond acceptors (Lipinski definition) is 5. The Labute approximate surface area is 152 Å². The van der Waals surface area contributed by atoms with Crippen LogP contribution in [-0.4, -0.2) is 54.6 Å². The predicted octanol–water partition coefficient (Wildman–Crippen LogP) is 2.36. The smallest absolute Gasteiger partial charge is 0.128 e. The number of aryl methyl sites for hydroxylation is 1. The normalized spacial score (nSPS) is 19.4. The highest BCUT2D eigenvalue weighted by Gasteiger charge is 2.19. The highest BCUT2D eigenvalue weighted by molar-refractivity contribution is 5.39. The van der Waals surface area contributed by atoms with Crippen LogP contribution in [0.25, 0.3) is 0 Å². The molecule has 0 unspecified atom stereocenters. The fraction of sp³-hybridized carbons (Fsp3) is 0.750. The van der Waals surface area contributed by atoms with Crippen LogP contribution in [0.3, 0.4) is 0 Å². The third kappa shape index (κ3) is 7.30. The van der Waals surface area contributed by atoms with E-state index in [-0.39, 0.29) is 0 Å². The molecule has 2 saturated heterocycles. The van der Waals surface area contributed by atoms with Crippen LogP contribution >= 0.6 is 0 Å². The Hall–Kier alpha value is -1.17. The summed E-state index contributed by atoms with van der Waals surface area (Å²) < 4.78 is 0. The Morgan fingerprint density at radius 2 is 1.60 bits per heavy atom. The second-order valence-electron chi connectivity index (χ2n) is 7.29. The molecule has 2 aliphatic rings. The average molecular weight is 350 g/mol. The first-order chi connectivity index (χ1) is 12.2. The number of rotatable bonds is 5. The zero-order valence-electron chi connectivity index (χ0n) is 15.7. The van der Waals surface area contributed by atoms with Crippen molar-refractivity contribution in [1.82, 2.24) is 10.3 Å². The third-order valence-electron chi connectivity index (χ3n) is 5.35. The van der Waals surface area contributed by atoms with Crippen LogP contribution in [0.2, 0.25) is 0 Å². The summed E-state index contributed by atoms with van der Waals surface area (Å²) in [4.78, 5) is 6.89. The lowest BCUT2D eigenvalue weighted by molar-refractivity contribution is 0.235. The van der Waals surface area contributed by atoms with Gasteiger partial charge >= 0.3 is 0 Å². The fourth-order valence-corrected chi connectivity index (χ4v) is 3.69. The van der Waals surface area contributed by atoms with Gasteiger partial charge in [0.15, 0.2) is 0 Å². The molecule has 0 atom stereocenters. The van der Waals surface area contributed by atoms with E-state index in [1.54, 1.807) is 0 Å². The molecule has 0 amide bonds. The van der Waals surface area contributed by atoms with Gasteiger partial charge in [-0.2, -0.15) is 0 Å². The van der Waals surface area contributed by atoms with Crippen LogP contribution in [0.4, 0.5) is 5.82 Å². The average Bonchev–Trinajstić information content (AvgIpc) is 2.64. The topological polar surface area (TPSA) is 68.6 Å².